The topological polar surface area (TPSA) is 50.7 Å². The quantitative estimate of drug-likeness (QED) is 0.924. The van der Waals surface area contributed by atoms with Crippen molar-refractivity contribution in [2.24, 2.45) is 0 Å². The fourth-order valence-corrected chi connectivity index (χ4v) is 1.78. The number of halogens is 1. The van der Waals surface area contributed by atoms with Gasteiger partial charge in [0.25, 0.3) is 0 Å². The molecule has 0 saturated carbocycles. The Balaban J connectivity index is 2.16. The Hall–Kier alpha value is -1.68. The summed E-state index contributed by atoms with van der Waals surface area (Å²) in [7, 11) is 0. The summed E-state index contributed by atoms with van der Waals surface area (Å²) in [6.07, 6.45) is 3.62. The molecular weight excluding hydrogens is 248 g/mol. The van der Waals surface area contributed by atoms with Gasteiger partial charge in [-0.3, -0.25) is 4.98 Å². The third-order valence-electron chi connectivity index (χ3n) is 2.86. The molecule has 0 aliphatic carbocycles. The summed E-state index contributed by atoms with van der Waals surface area (Å²) in [5, 5.41) is 3.59. The van der Waals surface area contributed by atoms with Crippen LogP contribution in [0.2, 0.25) is 5.15 Å². The molecule has 0 aliphatic heterocycles. The molecule has 2 rings (SSSR count). The maximum Gasteiger partial charge on any atom is 0.171 e. The van der Waals surface area contributed by atoms with Gasteiger partial charge in [-0.15, -0.1) is 0 Å². The second-order valence-corrected chi connectivity index (χ2v) is 4.55. The van der Waals surface area contributed by atoms with Gasteiger partial charge < -0.3 is 5.32 Å². The second kappa shape index (κ2) is 5.31. The molecule has 1 N–H and O–H groups in total. The van der Waals surface area contributed by atoms with E-state index in [0.717, 1.165) is 17.0 Å². The number of anilines is 1. The molecule has 18 heavy (non-hydrogen) atoms. The molecular formula is C13H15ClN4. The van der Waals surface area contributed by atoms with E-state index in [1.807, 2.05) is 33.0 Å². The number of aryl methyl sites for hydroxylation is 3. The van der Waals surface area contributed by atoms with Crippen molar-refractivity contribution in [1.29, 1.82) is 0 Å². The molecule has 0 bridgehead atoms. The fourth-order valence-electron chi connectivity index (χ4n) is 1.55. The molecule has 0 amide bonds. The highest BCUT2D eigenvalue weighted by atomic mass is 35.5. The standard InChI is InChI=1S/C13H15ClN4/c1-8-4-5-15-6-11(8)7-16-13-12(14)17-9(2)10(3)18-13/h4-6H,7H2,1-3H3,(H,16,18). The highest BCUT2D eigenvalue weighted by molar-refractivity contribution is 6.31. The maximum atomic E-state index is 6.06. The first-order valence-electron chi connectivity index (χ1n) is 5.72. The van der Waals surface area contributed by atoms with E-state index >= 15 is 0 Å². The average molecular weight is 263 g/mol. The van der Waals surface area contributed by atoms with E-state index in [0.29, 0.717) is 17.5 Å². The number of nitrogens with one attached hydrogen (secondary N) is 1. The minimum Gasteiger partial charge on any atom is -0.363 e. The predicted molar refractivity (Wildman–Crippen MR) is 72.8 cm³/mol. The third kappa shape index (κ3) is 2.76. The minimum absolute atomic E-state index is 0.402. The van der Waals surface area contributed by atoms with Crippen LogP contribution in [0.4, 0.5) is 5.82 Å². The van der Waals surface area contributed by atoms with Gasteiger partial charge in [0.15, 0.2) is 11.0 Å². The first-order chi connectivity index (χ1) is 8.58. The molecule has 5 heteroatoms. The first kappa shape index (κ1) is 12.8. The molecule has 2 aromatic heterocycles. The smallest absolute Gasteiger partial charge is 0.171 e. The van der Waals surface area contributed by atoms with E-state index in [1.54, 1.807) is 6.20 Å². The summed E-state index contributed by atoms with van der Waals surface area (Å²) in [6, 6.07) is 1.98. The molecule has 94 valence electrons. The lowest BCUT2D eigenvalue weighted by Gasteiger charge is -2.10. The van der Waals surface area contributed by atoms with Crippen molar-refractivity contribution in [3.8, 4) is 0 Å². The number of hydrogen-bond acceptors (Lipinski definition) is 4. The van der Waals surface area contributed by atoms with Crippen molar-refractivity contribution in [3.05, 3.63) is 46.1 Å². The van der Waals surface area contributed by atoms with Crippen molar-refractivity contribution < 1.29 is 0 Å². The molecule has 0 aliphatic rings. The van der Waals surface area contributed by atoms with Crippen molar-refractivity contribution in [3.63, 3.8) is 0 Å². The van der Waals surface area contributed by atoms with E-state index in [2.05, 4.69) is 20.3 Å². The Labute approximate surface area is 111 Å². The normalized spacial score (nSPS) is 10.4. The van der Waals surface area contributed by atoms with E-state index in [1.165, 1.54) is 5.56 Å². The van der Waals surface area contributed by atoms with Crippen LogP contribution in [0.3, 0.4) is 0 Å². The van der Waals surface area contributed by atoms with Gasteiger partial charge in [0, 0.05) is 18.9 Å². The number of nitrogens with zero attached hydrogens (tertiary/aromatic N) is 3. The van der Waals surface area contributed by atoms with Crippen LogP contribution in [0, 0.1) is 20.8 Å². The number of hydrogen-bond donors (Lipinski definition) is 1. The molecule has 0 spiro atoms. The highest BCUT2D eigenvalue weighted by Crippen LogP contribution is 2.19. The monoisotopic (exact) mass is 262 g/mol. The van der Waals surface area contributed by atoms with Gasteiger partial charge >= 0.3 is 0 Å². The van der Waals surface area contributed by atoms with E-state index in [4.69, 9.17) is 11.6 Å². The Morgan fingerprint density at radius 3 is 2.61 bits per heavy atom. The van der Waals surface area contributed by atoms with Crippen LogP contribution in [0.15, 0.2) is 18.5 Å². The van der Waals surface area contributed by atoms with E-state index < -0.39 is 0 Å². The number of rotatable bonds is 3. The lowest BCUT2D eigenvalue weighted by molar-refractivity contribution is 1.01. The summed E-state index contributed by atoms with van der Waals surface area (Å²) in [4.78, 5) is 12.7. The van der Waals surface area contributed by atoms with Gasteiger partial charge in [0.05, 0.1) is 11.4 Å². The molecule has 2 aromatic rings. The van der Waals surface area contributed by atoms with Gasteiger partial charge in [-0.1, -0.05) is 11.6 Å². The third-order valence-corrected chi connectivity index (χ3v) is 3.12. The number of aromatic nitrogens is 3. The van der Waals surface area contributed by atoms with Crippen LogP contribution in [0.5, 0.6) is 0 Å². The van der Waals surface area contributed by atoms with Crippen molar-refractivity contribution in [2.45, 2.75) is 27.3 Å². The Morgan fingerprint density at radius 2 is 1.89 bits per heavy atom. The second-order valence-electron chi connectivity index (χ2n) is 4.19. The zero-order chi connectivity index (χ0) is 13.1. The van der Waals surface area contributed by atoms with Crippen molar-refractivity contribution in [1.82, 2.24) is 15.0 Å². The molecule has 0 unspecified atom stereocenters. The SMILES string of the molecule is Cc1ccncc1CNc1nc(C)c(C)nc1Cl. The zero-order valence-electron chi connectivity index (χ0n) is 10.7. The van der Waals surface area contributed by atoms with Gasteiger partial charge in [0.1, 0.15) is 0 Å². The van der Waals surface area contributed by atoms with Gasteiger partial charge in [-0.25, -0.2) is 9.97 Å². The summed E-state index contributed by atoms with van der Waals surface area (Å²) < 4.78 is 0. The Kier molecular flexibility index (Phi) is 3.77. The molecule has 0 fully saturated rings. The van der Waals surface area contributed by atoms with Crippen LogP contribution >= 0.6 is 11.6 Å². The minimum atomic E-state index is 0.402. The van der Waals surface area contributed by atoms with Crippen molar-refractivity contribution in [2.75, 3.05) is 5.32 Å². The summed E-state index contributed by atoms with van der Waals surface area (Å²) in [5.41, 5.74) is 4.03. The van der Waals surface area contributed by atoms with Gasteiger partial charge in [-0.2, -0.15) is 0 Å². The molecule has 2 heterocycles. The highest BCUT2D eigenvalue weighted by Gasteiger charge is 2.07. The predicted octanol–water partition coefficient (Wildman–Crippen LogP) is 3.06. The van der Waals surface area contributed by atoms with E-state index in [9.17, 15) is 0 Å². The van der Waals surface area contributed by atoms with E-state index in [-0.39, 0.29) is 0 Å². The molecule has 0 atom stereocenters. The van der Waals surface area contributed by atoms with Crippen LogP contribution in [-0.2, 0) is 6.54 Å². The van der Waals surface area contributed by atoms with Crippen LogP contribution < -0.4 is 5.32 Å². The summed E-state index contributed by atoms with van der Waals surface area (Å²) in [6.45, 7) is 6.49. The maximum absolute atomic E-state index is 6.06. The lowest BCUT2D eigenvalue weighted by atomic mass is 10.1. The van der Waals surface area contributed by atoms with Crippen molar-refractivity contribution >= 4 is 17.4 Å². The molecule has 0 radical (unpaired) electrons. The van der Waals surface area contributed by atoms with Crippen LogP contribution in [0.1, 0.15) is 22.5 Å². The van der Waals surface area contributed by atoms with Gasteiger partial charge in [0.2, 0.25) is 0 Å². The zero-order valence-corrected chi connectivity index (χ0v) is 11.4. The Bertz CT molecular complexity index is 569. The summed E-state index contributed by atoms with van der Waals surface area (Å²) in [5.74, 6) is 0.614. The summed E-state index contributed by atoms with van der Waals surface area (Å²) >= 11 is 6.06. The Morgan fingerprint density at radius 1 is 1.17 bits per heavy atom. The molecule has 4 nitrogen and oxygen atoms in total. The largest absolute Gasteiger partial charge is 0.363 e. The molecule has 0 saturated heterocycles. The first-order valence-corrected chi connectivity index (χ1v) is 6.10. The lowest BCUT2D eigenvalue weighted by Crippen LogP contribution is -2.06. The number of pyridine rings is 1. The fraction of sp³-hybridized carbons (Fsp3) is 0.308. The molecule has 0 aromatic carbocycles. The average Bonchev–Trinajstić information content (AvgIpc) is 2.34. The van der Waals surface area contributed by atoms with Crippen LogP contribution in [-0.4, -0.2) is 15.0 Å². The van der Waals surface area contributed by atoms with Crippen LogP contribution in [0.25, 0.3) is 0 Å². The van der Waals surface area contributed by atoms with Gasteiger partial charge in [-0.05, 0) is 38.0 Å².